The number of hydrogen-bond donors (Lipinski definition) is 2. The maximum Gasteiger partial charge on any atom is 0.201 e. The van der Waals surface area contributed by atoms with Gasteiger partial charge in [-0.25, -0.2) is 4.68 Å². The first-order chi connectivity index (χ1) is 16.7. The van der Waals surface area contributed by atoms with Gasteiger partial charge in [-0.15, -0.1) is 0 Å². The molecule has 3 aromatic rings. The van der Waals surface area contributed by atoms with Crippen LogP contribution in [0.2, 0.25) is 0 Å². The lowest BCUT2D eigenvalue weighted by molar-refractivity contribution is 0.000640. The minimum Gasteiger partial charge on any atom is -0.379 e. The molecule has 2 aliphatic rings. The lowest BCUT2D eigenvalue weighted by atomic mass is 10.0. The van der Waals surface area contributed by atoms with Gasteiger partial charge in [-0.2, -0.15) is 15.2 Å². The van der Waals surface area contributed by atoms with E-state index in [9.17, 15) is 0 Å². The van der Waals surface area contributed by atoms with E-state index >= 15 is 0 Å². The van der Waals surface area contributed by atoms with Gasteiger partial charge in [0.15, 0.2) is 11.1 Å². The molecule has 0 radical (unpaired) electrons. The quantitative estimate of drug-likeness (QED) is 0.503. The van der Waals surface area contributed by atoms with E-state index in [0.717, 1.165) is 63.5 Å². The summed E-state index contributed by atoms with van der Waals surface area (Å²) in [5.41, 5.74) is 8.74. The number of likely N-dealkylation sites (tertiary alicyclic amines) is 1. The molecule has 0 atom stereocenters. The number of H-pyrrole nitrogens is 1. The second-order valence-electron chi connectivity index (χ2n) is 9.20. The summed E-state index contributed by atoms with van der Waals surface area (Å²) in [4.78, 5) is 12.8. The first kappa shape index (κ1) is 22.8. The van der Waals surface area contributed by atoms with Gasteiger partial charge in [-0.05, 0) is 31.5 Å². The number of rotatable bonds is 7. The highest BCUT2D eigenvalue weighted by Gasteiger charge is 2.25. The van der Waals surface area contributed by atoms with Crippen molar-refractivity contribution in [3.63, 3.8) is 0 Å². The molecule has 10 nitrogen and oxygen atoms in total. The highest BCUT2D eigenvalue weighted by Crippen LogP contribution is 2.18. The van der Waals surface area contributed by atoms with Gasteiger partial charge >= 0.3 is 0 Å². The van der Waals surface area contributed by atoms with Crippen LogP contribution >= 0.6 is 0 Å². The minimum atomic E-state index is 0.340. The molecule has 0 bridgehead atoms. The summed E-state index contributed by atoms with van der Waals surface area (Å²) in [6.07, 6.45) is 4.27. The summed E-state index contributed by atoms with van der Waals surface area (Å²) in [6, 6.07) is 11.0. The number of nitrogens with one attached hydrogen (secondary N) is 1. The SMILES string of the molecule is CN(Cc1ccccc1)/N=c1\[nH]c(N)nc2c1cnn2CCN1CCC(N2CCOCC2)CC1. The van der Waals surface area contributed by atoms with Crippen LogP contribution in [0.15, 0.2) is 41.6 Å². The minimum absolute atomic E-state index is 0.340. The van der Waals surface area contributed by atoms with Crippen LogP contribution in [0, 0.1) is 0 Å². The molecule has 2 saturated heterocycles. The van der Waals surface area contributed by atoms with Crippen molar-refractivity contribution in [2.75, 3.05) is 58.7 Å². The molecule has 182 valence electrons. The van der Waals surface area contributed by atoms with Gasteiger partial charge in [0.2, 0.25) is 5.95 Å². The molecular formula is C24H35N9O. The van der Waals surface area contributed by atoms with Gasteiger partial charge in [0.1, 0.15) is 0 Å². The fourth-order valence-corrected chi connectivity index (χ4v) is 4.98. The van der Waals surface area contributed by atoms with E-state index in [-0.39, 0.29) is 0 Å². The van der Waals surface area contributed by atoms with Crippen molar-refractivity contribution >= 4 is 17.0 Å². The van der Waals surface area contributed by atoms with Crippen molar-refractivity contribution in [1.29, 1.82) is 0 Å². The summed E-state index contributed by atoms with van der Waals surface area (Å²) >= 11 is 0. The summed E-state index contributed by atoms with van der Waals surface area (Å²) in [5, 5.41) is 12.1. The molecule has 10 heteroatoms. The van der Waals surface area contributed by atoms with Crippen molar-refractivity contribution < 1.29 is 4.74 Å². The van der Waals surface area contributed by atoms with Crippen LogP contribution in [0.4, 0.5) is 5.95 Å². The molecule has 34 heavy (non-hydrogen) atoms. The Morgan fingerprint density at radius 1 is 1.12 bits per heavy atom. The summed E-state index contributed by atoms with van der Waals surface area (Å²) < 4.78 is 7.45. The lowest BCUT2D eigenvalue weighted by Crippen LogP contribution is -2.49. The first-order valence-electron chi connectivity index (χ1n) is 12.2. The molecule has 2 fully saturated rings. The average molecular weight is 466 g/mol. The molecule has 1 aromatic carbocycles. The van der Waals surface area contributed by atoms with E-state index in [1.807, 2.05) is 41.1 Å². The van der Waals surface area contributed by atoms with Crippen LogP contribution in [0.25, 0.3) is 11.0 Å². The smallest absolute Gasteiger partial charge is 0.201 e. The van der Waals surface area contributed by atoms with Crippen molar-refractivity contribution in [2.24, 2.45) is 5.10 Å². The molecule has 0 amide bonds. The van der Waals surface area contributed by atoms with E-state index in [1.165, 1.54) is 18.4 Å². The molecule has 0 aliphatic carbocycles. The van der Waals surface area contributed by atoms with Crippen LogP contribution in [0.5, 0.6) is 0 Å². The van der Waals surface area contributed by atoms with Crippen molar-refractivity contribution in [3.05, 3.63) is 47.6 Å². The predicted octanol–water partition coefficient (Wildman–Crippen LogP) is 1.09. The molecule has 4 heterocycles. The maximum absolute atomic E-state index is 6.10. The number of fused-ring (bicyclic) bond motifs is 1. The largest absolute Gasteiger partial charge is 0.379 e. The van der Waals surface area contributed by atoms with Crippen LogP contribution in [0.3, 0.4) is 0 Å². The monoisotopic (exact) mass is 465 g/mol. The third kappa shape index (κ3) is 5.40. The van der Waals surface area contributed by atoms with Crippen LogP contribution < -0.4 is 11.2 Å². The van der Waals surface area contributed by atoms with E-state index in [1.54, 1.807) is 0 Å². The third-order valence-electron chi connectivity index (χ3n) is 6.81. The first-order valence-corrected chi connectivity index (χ1v) is 12.2. The molecule has 2 aromatic heterocycles. The maximum atomic E-state index is 6.10. The second-order valence-corrected chi connectivity index (χ2v) is 9.20. The Kier molecular flexibility index (Phi) is 7.08. The van der Waals surface area contributed by atoms with Crippen molar-refractivity contribution in [1.82, 2.24) is 34.6 Å². The number of ether oxygens (including phenoxy) is 1. The van der Waals surface area contributed by atoms with E-state index in [2.05, 4.69) is 37.0 Å². The Morgan fingerprint density at radius 2 is 1.88 bits per heavy atom. The molecule has 0 saturated carbocycles. The van der Waals surface area contributed by atoms with Crippen LogP contribution in [0.1, 0.15) is 18.4 Å². The zero-order valence-electron chi connectivity index (χ0n) is 19.9. The Balaban J connectivity index is 1.23. The third-order valence-corrected chi connectivity index (χ3v) is 6.81. The second kappa shape index (κ2) is 10.5. The van der Waals surface area contributed by atoms with E-state index in [0.29, 0.717) is 24.0 Å². The number of hydrogen-bond acceptors (Lipinski definition) is 8. The predicted molar refractivity (Wildman–Crippen MR) is 132 cm³/mol. The van der Waals surface area contributed by atoms with Crippen LogP contribution in [-0.4, -0.2) is 93.6 Å². The summed E-state index contributed by atoms with van der Waals surface area (Å²) in [5.74, 6) is 0.340. The highest BCUT2D eigenvalue weighted by atomic mass is 16.5. The van der Waals surface area contributed by atoms with Gasteiger partial charge in [-0.3, -0.25) is 9.91 Å². The number of piperidine rings is 1. The summed E-state index contributed by atoms with van der Waals surface area (Å²) in [7, 11) is 1.95. The molecule has 5 rings (SSSR count). The standard InChI is InChI=1S/C24H35N9O/c1-30(18-19-5-3-2-4-6-19)29-22-21-17-26-33(23(21)28-24(25)27-22)12-11-31-9-7-20(8-10-31)32-13-15-34-16-14-32/h2-6,17,20H,7-16,18H2,1H3,(H3,25,27,28,29). The van der Waals surface area contributed by atoms with Gasteiger partial charge in [0, 0.05) is 32.7 Å². The number of aromatic nitrogens is 4. The number of nitrogen functional groups attached to an aromatic ring is 1. The average Bonchev–Trinajstić information content (AvgIpc) is 3.27. The van der Waals surface area contributed by atoms with E-state index in [4.69, 9.17) is 15.6 Å². The summed E-state index contributed by atoms with van der Waals surface area (Å²) in [6.45, 7) is 8.56. The topological polar surface area (TPSA) is 104 Å². The molecule has 0 unspecified atom stereocenters. The van der Waals surface area contributed by atoms with Gasteiger partial charge in [-0.1, -0.05) is 30.3 Å². The Labute approximate surface area is 200 Å². The fourth-order valence-electron chi connectivity index (χ4n) is 4.98. The number of nitrogens with zero attached hydrogens (tertiary/aromatic N) is 7. The van der Waals surface area contributed by atoms with Crippen molar-refractivity contribution in [2.45, 2.75) is 32.0 Å². The Bertz CT molecular complexity index is 1130. The Hall–Kier alpha value is -2.95. The van der Waals surface area contributed by atoms with E-state index < -0.39 is 0 Å². The van der Waals surface area contributed by atoms with Crippen LogP contribution in [-0.2, 0) is 17.8 Å². The number of benzene rings is 1. The Morgan fingerprint density at radius 3 is 2.65 bits per heavy atom. The van der Waals surface area contributed by atoms with Gasteiger partial charge in [0.25, 0.3) is 0 Å². The zero-order chi connectivity index (χ0) is 23.3. The number of morpholine rings is 1. The normalized spacial score (nSPS) is 19.1. The zero-order valence-corrected chi connectivity index (χ0v) is 19.9. The van der Waals surface area contributed by atoms with Gasteiger partial charge in [0.05, 0.1) is 37.9 Å². The number of anilines is 1. The number of nitrogens with two attached hydrogens (primary N) is 1. The molecule has 0 spiro atoms. The fraction of sp³-hybridized carbons (Fsp3) is 0.542. The van der Waals surface area contributed by atoms with Gasteiger partial charge < -0.3 is 20.4 Å². The molecule has 3 N–H and O–H groups in total. The highest BCUT2D eigenvalue weighted by molar-refractivity contribution is 5.73. The lowest BCUT2D eigenvalue weighted by Gasteiger charge is -2.40. The molecular weight excluding hydrogens is 430 g/mol. The number of aromatic amines is 1. The molecule has 2 aliphatic heterocycles. The van der Waals surface area contributed by atoms with Crippen molar-refractivity contribution in [3.8, 4) is 0 Å².